The van der Waals surface area contributed by atoms with E-state index in [-0.39, 0.29) is 18.4 Å². The van der Waals surface area contributed by atoms with Crippen molar-refractivity contribution in [3.8, 4) is 11.5 Å². The van der Waals surface area contributed by atoms with E-state index in [9.17, 15) is 9.59 Å². The van der Waals surface area contributed by atoms with Gasteiger partial charge in [0.05, 0.1) is 14.2 Å². The summed E-state index contributed by atoms with van der Waals surface area (Å²) in [4.78, 5) is 27.1. The van der Waals surface area contributed by atoms with Crippen LogP contribution in [0.2, 0.25) is 0 Å². The maximum atomic E-state index is 12.8. The number of benzene rings is 2. The van der Waals surface area contributed by atoms with Crippen LogP contribution in [0.5, 0.6) is 11.5 Å². The minimum atomic E-state index is -0.664. The van der Waals surface area contributed by atoms with Crippen LogP contribution in [0.25, 0.3) is 0 Å². The number of hydrogen-bond acceptors (Lipinski definition) is 4. The highest BCUT2D eigenvalue weighted by Gasteiger charge is 2.37. The predicted octanol–water partition coefficient (Wildman–Crippen LogP) is 2.94. The first-order valence-electron chi connectivity index (χ1n) is 9.47. The summed E-state index contributed by atoms with van der Waals surface area (Å²) < 4.78 is 10.7. The van der Waals surface area contributed by atoms with Gasteiger partial charge in [-0.15, -0.1) is 0 Å². The number of amides is 2. The molecule has 0 radical (unpaired) electrons. The van der Waals surface area contributed by atoms with Crippen molar-refractivity contribution in [2.24, 2.45) is 5.92 Å². The highest BCUT2D eigenvalue weighted by atomic mass is 16.5. The summed E-state index contributed by atoms with van der Waals surface area (Å²) in [5, 5.41) is 2.87. The normalized spacial score (nSPS) is 16.2. The van der Waals surface area contributed by atoms with Gasteiger partial charge in [-0.1, -0.05) is 31.2 Å². The second-order valence-electron chi connectivity index (χ2n) is 6.72. The Hall–Kier alpha value is -3.02. The third-order valence-electron chi connectivity index (χ3n) is 5.12. The van der Waals surface area contributed by atoms with Crippen molar-refractivity contribution in [1.82, 2.24) is 5.32 Å². The number of nitrogens with one attached hydrogen (secondary N) is 1. The van der Waals surface area contributed by atoms with Crippen LogP contribution in [0, 0.1) is 5.92 Å². The fraction of sp³-hybridized carbons (Fsp3) is 0.364. The van der Waals surface area contributed by atoms with Gasteiger partial charge in [0.15, 0.2) is 11.5 Å². The number of hydrogen-bond donors (Lipinski definition) is 1. The topological polar surface area (TPSA) is 67.9 Å². The molecule has 0 aliphatic carbocycles. The molecule has 1 aliphatic heterocycles. The number of anilines is 1. The maximum Gasteiger partial charge on any atom is 0.239 e. The van der Waals surface area contributed by atoms with Crippen molar-refractivity contribution in [1.29, 1.82) is 0 Å². The lowest BCUT2D eigenvalue weighted by Crippen LogP contribution is -2.36. The zero-order valence-corrected chi connectivity index (χ0v) is 16.5. The molecule has 2 amide bonds. The van der Waals surface area contributed by atoms with Gasteiger partial charge < -0.3 is 19.7 Å². The molecule has 0 unspecified atom stereocenters. The van der Waals surface area contributed by atoms with Gasteiger partial charge in [-0.2, -0.15) is 0 Å². The van der Waals surface area contributed by atoms with Crippen LogP contribution >= 0.6 is 0 Å². The van der Waals surface area contributed by atoms with Crippen LogP contribution in [0.1, 0.15) is 24.5 Å². The van der Waals surface area contributed by atoms with Gasteiger partial charge >= 0.3 is 0 Å². The minimum Gasteiger partial charge on any atom is -0.493 e. The first-order valence-corrected chi connectivity index (χ1v) is 9.47. The van der Waals surface area contributed by atoms with Gasteiger partial charge in [0.25, 0.3) is 0 Å². The Morgan fingerprint density at radius 3 is 2.54 bits per heavy atom. The number of para-hydroxylation sites is 1. The fourth-order valence-corrected chi connectivity index (χ4v) is 3.49. The molecule has 0 aromatic heterocycles. The van der Waals surface area contributed by atoms with E-state index < -0.39 is 5.92 Å². The Kier molecular flexibility index (Phi) is 6.19. The zero-order valence-electron chi connectivity index (χ0n) is 16.5. The van der Waals surface area contributed by atoms with E-state index in [1.807, 2.05) is 36.4 Å². The molecule has 1 heterocycles. The Labute approximate surface area is 165 Å². The lowest BCUT2D eigenvalue weighted by Gasteiger charge is -2.17. The number of ether oxygens (including phenoxy) is 2. The summed E-state index contributed by atoms with van der Waals surface area (Å²) in [6.45, 7) is 2.91. The summed E-state index contributed by atoms with van der Waals surface area (Å²) in [6, 6.07) is 13.4. The maximum absolute atomic E-state index is 12.8. The number of carbonyl (C=O) groups is 2. The van der Waals surface area contributed by atoms with Gasteiger partial charge in [-0.3, -0.25) is 9.59 Å². The van der Waals surface area contributed by atoms with Crippen molar-refractivity contribution < 1.29 is 19.1 Å². The highest BCUT2D eigenvalue weighted by molar-refractivity contribution is 6.09. The molecule has 1 fully saturated rings. The molecule has 1 aliphatic rings. The Bertz CT molecular complexity index is 848. The van der Waals surface area contributed by atoms with Crippen molar-refractivity contribution in [2.75, 3.05) is 25.7 Å². The van der Waals surface area contributed by atoms with E-state index in [2.05, 4.69) is 12.2 Å². The van der Waals surface area contributed by atoms with Gasteiger partial charge in [0.1, 0.15) is 5.92 Å². The third kappa shape index (κ3) is 3.96. The molecule has 3 rings (SSSR count). The van der Waals surface area contributed by atoms with Crippen molar-refractivity contribution in [3.63, 3.8) is 0 Å². The molecule has 148 valence electrons. The molecule has 0 bridgehead atoms. The van der Waals surface area contributed by atoms with Crippen molar-refractivity contribution >= 4 is 17.5 Å². The quantitative estimate of drug-likeness (QED) is 0.748. The van der Waals surface area contributed by atoms with E-state index >= 15 is 0 Å². The molecule has 1 atom stereocenters. The van der Waals surface area contributed by atoms with Crippen LogP contribution in [0.3, 0.4) is 0 Å². The highest BCUT2D eigenvalue weighted by Crippen LogP contribution is 2.31. The number of carbonyl (C=O) groups excluding carboxylic acids is 2. The average molecular weight is 382 g/mol. The average Bonchev–Trinajstić information content (AvgIpc) is 3.12. The van der Waals surface area contributed by atoms with Crippen LogP contribution in [0.4, 0.5) is 5.69 Å². The van der Waals surface area contributed by atoms with E-state index in [4.69, 9.17) is 9.47 Å². The minimum absolute atomic E-state index is 0.153. The third-order valence-corrected chi connectivity index (χ3v) is 5.12. The van der Waals surface area contributed by atoms with Crippen LogP contribution < -0.4 is 19.7 Å². The van der Waals surface area contributed by atoms with Crippen LogP contribution in [0.15, 0.2) is 42.5 Å². The van der Waals surface area contributed by atoms with E-state index in [0.29, 0.717) is 24.5 Å². The van der Waals surface area contributed by atoms with Crippen molar-refractivity contribution in [3.05, 3.63) is 53.6 Å². The van der Waals surface area contributed by atoms with E-state index in [0.717, 1.165) is 17.7 Å². The molecule has 1 saturated heterocycles. The number of nitrogens with zero attached hydrogens (tertiary/aromatic N) is 1. The van der Waals surface area contributed by atoms with Crippen LogP contribution in [-0.2, 0) is 22.6 Å². The molecule has 6 nitrogen and oxygen atoms in total. The summed E-state index contributed by atoms with van der Waals surface area (Å²) in [7, 11) is 3.13. The molecule has 6 heteroatoms. The van der Waals surface area contributed by atoms with Gasteiger partial charge in [-0.05, 0) is 36.6 Å². The molecule has 2 aromatic rings. The standard InChI is InChI=1S/C22H26N2O4/c1-4-15-8-10-17(11-9-15)24-13-12-18(22(24)26)21(25)23-14-16-6-5-7-19(27-2)20(16)28-3/h5-11,18H,4,12-14H2,1-3H3,(H,23,25)/t18-/m1/s1. The molecule has 1 N–H and O–H groups in total. The fourth-order valence-electron chi connectivity index (χ4n) is 3.49. The van der Waals surface area contributed by atoms with Crippen LogP contribution in [-0.4, -0.2) is 32.6 Å². The lowest BCUT2D eigenvalue weighted by molar-refractivity contribution is -0.132. The summed E-state index contributed by atoms with van der Waals surface area (Å²) in [6.07, 6.45) is 1.46. The van der Waals surface area contributed by atoms with E-state index in [1.54, 1.807) is 25.2 Å². The van der Waals surface area contributed by atoms with E-state index in [1.165, 1.54) is 5.56 Å². The molecular formula is C22H26N2O4. The SMILES string of the molecule is CCc1ccc(N2CC[C@H](C(=O)NCc3cccc(OC)c3OC)C2=O)cc1. The first kappa shape index (κ1) is 19.7. The molecule has 28 heavy (non-hydrogen) atoms. The van der Waals surface area contributed by atoms with Gasteiger partial charge in [0.2, 0.25) is 11.8 Å². The monoisotopic (exact) mass is 382 g/mol. The Balaban J connectivity index is 1.65. The molecule has 2 aromatic carbocycles. The second kappa shape index (κ2) is 8.78. The summed E-state index contributed by atoms with van der Waals surface area (Å²) in [5.41, 5.74) is 2.86. The van der Waals surface area contributed by atoms with Gasteiger partial charge in [-0.25, -0.2) is 0 Å². The summed E-state index contributed by atoms with van der Waals surface area (Å²) >= 11 is 0. The zero-order chi connectivity index (χ0) is 20.1. The second-order valence-corrected chi connectivity index (χ2v) is 6.72. The molecule has 0 spiro atoms. The first-order chi connectivity index (χ1) is 13.6. The lowest BCUT2D eigenvalue weighted by atomic mass is 10.1. The number of rotatable bonds is 7. The Morgan fingerprint density at radius 2 is 1.89 bits per heavy atom. The number of aryl methyl sites for hydroxylation is 1. The van der Waals surface area contributed by atoms with Gasteiger partial charge in [0, 0.05) is 24.3 Å². The summed E-state index contributed by atoms with van der Waals surface area (Å²) in [5.74, 6) is 0.109. The smallest absolute Gasteiger partial charge is 0.239 e. The van der Waals surface area contributed by atoms with Crippen molar-refractivity contribution in [2.45, 2.75) is 26.3 Å². The molecule has 0 saturated carbocycles. The largest absolute Gasteiger partial charge is 0.493 e. The number of methoxy groups -OCH3 is 2. The molecular weight excluding hydrogens is 356 g/mol. The Morgan fingerprint density at radius 1 is 1.14 bits per heavy atom. The predicted molar refractivity (Wildman–Crippen MR) is 108 cm³/mol.